The van der Waals surface area contributed by atoms with Crippen LogP contribution in [0.4, 0.5) is 5.82 Å². The molecule has 0 saturated carbocycles. The molecule has 0 spiro atoms. The van der Waals surface area contributed by atoms with Gasteiger partial charge in [-0.1, -0.05) is 19.1 Å². The monoisotopic (exact) mass is 268 g/mol. The molecular formula is C12H20N4OS. The number of thiocarbonyl (C=S) groups is 1. The van der Waals surface area contributed by atoms with E-state index < -0.39 is 0 Å². The van der Waals surface area contributed by atoms with Gasteiger partial charge in [0.2, 0.25) is 0 Å². The predicted octanol–water partition coefficient (Wildman–Crippen LogP) is 0.570. The molecule has 2 atom stereocenters. The van der Waals surface area contributed by atoms with Gasteiger partial charge < -0.3 is 15.7 Å². The van der Waals surface area contributed by atoms with Crippen molar-refractivity contribution in [2.45, 2.75) is 26.4 Å². The van der Waals surface area contributed by atoms with E-state index in [1.165, 1.54) is 0 Å². The lowest BCUT2D eigenvalue weighted by atomic mass is 9.96. The zero-order chi connectivity index (χ0) is 13.4. The Bertz CT molecular complexity index is 471. The van der Waals surface area contributed by atoms with Crippen molar-refractivity contribution in [3.05, 3.63) is 11.3 Å². The molecular weight excluding hydrogens is 248 g/mol. The molecule has 2 heterocycles. The molecule has 0 bridgehead atoms. The molecule has 1 aromatic rings. The molecule has 0 aliphatic carbocycles. The predicted molar refractivity (Wildman–Crippen MR) is 75.8 cm³/mol. The van der Waals surface area contributed by atoms with E-state index in [0.29, 0.717) is 4.99 Å². The lowest BCUT2D eigenvalue weighted by Crippen LogP contribution is -2.43. The van der Waals surface area contributed by atoms with Crippen molar-refractivity contribution in [1.82, 2.24) is 9.78 Å². The summed E-state index contributed by atoms with van der Waals surface area (Å²) in [6.45, 7) is 5.58. The van der Waals surface area contributed by atoms with Crippen LogP contribution in [0, 0.1) is 12.8 Å². The summed E-state index contributed by atoms with van der Waals surface area (Å²) in [5.74, 6) is 1.21. The van der Waals surface area contributed by atoms with Crippen LogP contribution >= 0.6 is 12.2 Å². The number of aliphatic hydroxyl groups excluding tert-OH is 1. The second-order valence-electron chi connectivity index (χ2n) is 5.05. The van der Waals surface area contributed by atoms with Crippen LogP contribution < -0.4 is 10.6 Å². The van der Waals surface area contributed by atoms with E-state index in [2.05, 4.69) is 16.9 Å². The smallest absolute Gasteiger partial charge is 0.137 e. The summed E-state index contributed by atoms with van der Waals surface area (Å²) in [4.78, 5) is 2.60. The van der Waals surface area contributed by atoms with Gasteiger partial charge >= 0.3 is 0 Å². The first-order valence-corrected chi connectivity index (χ1v) is 6.59. The maximum atomic E-state index is 9.80. The molecule has 0 radical (unpaired) electrons. The summed E-state index contributed by atoms with van der Waals surface area (Å²) in [7, 11) is 1.90. The fourth-order valence-corrected chi connectivity index (χ4v) is 2.86. The molecule has 1 aliphatic heterocycles. The van der Waals surface area contributed by atoms with Gasteiger partial charge in [0.15, 0.2) is 0 Å². The summed E-state index contributed by atoms with van der Waals surface area (Å²) in [5, 5.41) is 14.2. The van der Waals surface area contributed by atoms with E-state index in [0.717, 1.165) is 36.6 Å². The Labute approximate surface area is 113 Å². The van der Waals surface area contributed by atoms with Gasteiger partial charge in [-0.2, -0.15) is 5.10 Å². The number of aromatic nitrogens is 2. The Balaban J connectivity index is 2.36. The average molecular weight is 268 g/mol. The Kier molecular flexibility index (Phi) is 3.59. The van der Waals surface area contributed by atoms with Gasteiger partial charge in [-0.3, -0.25) is 4.68 Å². The van der Waals surface area contributed by atoms with Crippen LogP contribution in [0.3, 0.4) is 0 Å². The molecule has 18 heavy (non-hydrogen) atoms. The largest absolute Gasteiger partial charge is 0.393 e. The van der Waals surface area contributed by atoms with Gasteiger partial charge in [-0.15, -0.1) is 0 Å². The molecule has 1 aliphatic rings. The number of rotatable bonds is 2. The highest BCUT2D eigenvalue weighted by molar-refractivity contribution is 7.80. The van der Waals surface area contributed by atoms with E-state index in [1.54, 1.807) is 0 Å². The number of aryl methyl sites for hydroxylation is 2. The number of aliphatic hydroxyl groups is 1. The minimum atomic E-state index is -0.219. The van der Waals surface area contributed by atoms with Crippen molar-refractivity contribution >= 4 is 23.0 Å². The van der Waals surface area contributed by atoms with Crippen LogP contribution in [-0.4, -0.2) is 39.1 Å². The fourth-order valence-electron chi connectivity index (χ4n) is 2.62. The Morgan fingerprint density at radius 1 is 1.56 bits per heavy atom. The molecule has 6 heteroatoms. The number of anilines is 1. The van der Waals surface area contributed by atoms with Gasteiger partial charge in [0.25, 0.3) is 0 Å². The van der Waals surface area contributed by atoms with E-state index in [-0.39, 0.29) is 12.0 Å². The van der Waals surface area contributed by atoms with Crippen LogP contribution in [-0.2, 0) is 7.05 Å². The molecule has 1 aromatic heterocycles. The zero-order valence-corrected chi connectivity index (χ0v) is 11.9. The highest BCUT2D eigenvalue weighted by Gasteiger charge is 2.28. The fraction of sp³-hybridized carbons (Fsp3) is 0.667. The molecule has 0 amide bonds. The average Bonchev–Trinajstić information content (AvgIpc) is 2.57. The van der Waals surface area contributed by atoms with Gasteiger partial charge in [-0.25, -0.2) is 0 Å². The summed E-state index contributed by atoms with van der Waals surface area (Å²) < 4.78 is 1.83. The molecule has 1 fully saturated rings. The first-order chi connectivity index (χ1) is 8.41. The molecule has 3 N–H and O–H groups in total. The Hall–Kier alpha value is -1.14. The second kappa shape index (κ2) is 4.85. The zero-order valence-electron chi connectivity index (χ0n) is 11.1. The van der Waals surface area contributed by atoms with Crippen molar-refractivity contribution < 1.29 is 5.11 Å². The van der Waals surface area contributed by atoms with Crippen LogP contribution in [0.15, 0.2) is 0 Å². The Morgan fingerprint density at radius 2 is 2.22 bits per heavy atom. The maximum absolute atomic E-state index is 9.80. The highest BCUT2D eigenvalue weighted by Crippen LogP contribution is 2.28. The maximum Gasteiger partial charge on any atom is 0.137 e. The molecule has 100 valence electrons. The van der Waals surface area contributed by atoms with Gasteiger partial charge in [0.05, 0.1) is 17.4 Å². The number of nitrogens with two attached hydrogens (primary N) is 1. The van der Waals surface area contributed by atoms with Crippen molar-refractivity contribution in [1.29, 1.82) is 0 Å². The lowest BCUT2D eigenvalue weighted by molar-refractivity contribution is 0.0966. The topological polar surface area (TPSA) is 67.3 Å². The number of hydrogen-bond acceptors (Lipinski definition) is 4. The van der Waals surface area contributed by atoms with Crippen LogP contribution in [0.25, 0.3) is 0 Å². The van der Waals surface area contributed by atoms with Crippen molar-refractivity contribution in [3.8, 4) is 0 Å². The molecule has 5 nitrogen and oxygen atoms in total. The van der Waals surface area contributed by atoms with Gasteiger partial charge in [-0.05, 0) is 19.3 Å². The molecule has 0 aromatic carbocycles. The Morgan fingerprint density at radius 3 is 2.78 bits per heavy atom. The minimum absolute atomic E-state index is 0.219. The normalized spacial score (nSPS) is 24.3. The van der Waals surface area contributed by atoms with E-state index >= 15 is 0 Å². The lowest BCUT2D eigenvalue weighted by Gasteiger charge is -2.36. The molecule has 2 unspecified atom stereocenters. The third-order valence-corrected chi connectivity index (χ3v) is 3.80. The number of nitrogens with zero attached hydrogens (tertiary/aromatic N) is 3. The first kappa shape index (κ1) is 13.3. The standard InChI is InChI=1S/C12H20N4OS/c1-7-6-16(5-4-9(7)17)12-10(11(13)18)8(2)14-15(12)3/h7,9,17H,4-6H2,1-3H3,(H2,13,18). The highest BCUT2D eigenvalue weighted by atomic mass is 32.1. The third kappa shape index (κ3) is 2.22. The summed E-state index contributed by atoms with van der Waals surface area (Å²) >= 11 is 5.12. The van der Waals surface area contributed by atoms with Crippen molar-refractivity contribution in [3.63, 3.8) is 0 Å². The second-order valence-corrected chi connectivity index (χ2v) is 5.49. The van der Waals surface area contributed by atoms with E-state index in [9.17, 15) is 5.11 Å². The van der Waals surface area contributed by atoms with E-state index in [1.807, 2.05) is 18.7 Å². The SMILES string of the molecule is Cc1nn(C)c(N2CCC(O)C(C)C2)c1C(N)=S. The number of hydrogen-bond donors (Lipinski definition) is 2. The first-order valence-electron chi connectivity index (χ1n) is 6.18. The quantitative estimate of drug-likeness (QED) is 0.768. The number of piperidine rings is 1. The van der Waals surface area contributed by atoms with Gasteiger partial charge in [0.1, 0.15) is 10.8 Å². The summed E-state index contributed by atoms with van der Waals surface area (Å²) in [5.41, 5.74) is 7.52. The van der Waals surface area contributed by atoms with Crippen LogP contribution in [0.5, 0.6) is 0 Å². The van der Waals surface area contributed by atoms with Crippen LogP contribution in [0.1, 0.15) is 24.6 Å². The van der Waals surface area contributed by atoms with Crippen molar-refractivity contribution in [2.24, 2.45) is 18.7 Å². The summed E-state index contributed by atoms with van der Waals surface area (Å²) in [6, 6.07) is 0. The minimum Gasteiger partial charge on any atom is -0.393 e. The molecule has 2 rings (SSSR count). The third-order valence-electron chi connectivity index (χ3n) is 3.60. The van der Waals surface area contributed by atoms with Crippen LogP contribution in [0.2, 0.25) is 0 Å². The van der Waals surface area contributed by atoms with E-state index in [4.69, 9.17) is 18.0 Å². The van der Waals surface area contributed by atoms with Gasteiger partial charge in [0, 0.05) is 20.1 Å². The molecule has 1 saturated heterocycles. The van der Waals surface area contributed by atoms with Crippen molar-refractivity contribution in [2.75, 3.05) is 18.0 Å². The summed E-state index contributed by atoms with van der Waals surface area (Å²) in [6.07, 6.45) is 0.547.